The van der Waals surface area contributed by atoms with Gasteiger partial charge in [-0.05, 0) is 47.4 Å². The van der Waals surface area contributed by atoms with Gasteiger partial charge in [-0.15, -0.1) is 0 Å². The van der Waals surface area contributed by atoms with Crippen LogP contribution in [0.5, 0.6) is 5.75 Å². The van der Waals surface area contributed by atoms with E-state index in [0.717, 1.165) is 23.3 Å². The van der Waals surface area contributed by atoms with Gasteiger partial charge in [0.2, 0.25) is 0 Å². The largest absolute Gasteiger partial charge is 0.429 e. The van der Waals surface area contributed by atoms with E-state index < -0.39 is 29.8 Å². The molecule has 3 rings (SSSR count). The summed E-state index contributed by atoms with van der Waals surface area (Å²) in [5, 5.41) is 0. The topological polar surface area (TPSA) is 9.23 Å². The number of ether oxygens (including phenoxy) is 1. The maximum absolute atomic E-state index is 14.6. The molecule has 0 unspecified atom stereocenters. The van der Waals surface area contributed by atoms with Gasteiger partial charge in [0.1, 0.15) is 5.82 Å². The first kappa shape index (κ1) is 19.6. The van der Waals surface area contributed by atoms with E-state index in [9.17, 15) is 22.0 Å². The third kappa shape index (κ3) is 4.22. The van der Waals surface area contributed by atoms with E-state index in [4.69, 9.17) is 0 Å². The van der Waals surface area contributed by atoms with E-state index in [1.807, 2.05) is 43.3 Å². The Labute approximate surface area is 158 Å². The quantitative estimate of drug-likeness (QED) is 0.423. The Morgan fingerprint density at radius 2 is 1.32 bits per heavy atom. The lowest BCUT2D eigenvalue weighted by Crippen LogP contribution is -2.06. The van der Waals surface area contributed by atoms with Gasteiger partial charge >= 0.3 is 6.61 Å². The van der Waals surface area contributed by atoms with Crippen molar-refractivity contribution in [3.63, 3.8) is 0 Å². The van der Waals surface area contributed by atoms with Gasteiger partial charge in [0.15, 0.2) is 17.4 Å². The fraction of sp³-hybridized carbons (Fsp3) is 0.0909. The number of halogens is 5. The van der Waals surface area contributed by atoms with Crippen LogP contribution in [0.25, 0.3) is 28.3 Å². The highest BCUT2D eigenvalue weighted by atomic mass is 19.3. The molecular weight excluding hydrogens is 375 g/mol. The number of allylic oxidation sites excluding steroid dienone is 1. The zero-order valence-electron chi connectivity index (χ0n) is 14.7. The first-order valence-electron chi connectivity index (χ1n) is 8.36. The molecule has 0 aliphatic heterocycles. The van der Waals surface area contributed by atoms with Gasteiger partial charge in [0, 0.05) is 5.56 Å². The SMILES string of the molecule is CC=Cc1ccc(-c2ccc(-c3cc(F)c(OC(F)F)c(F)c3)c(F)c2)cc1. The summed E-state index contributed by atoms with van der Waals surface area (Å²) >= 11 is 0. The fourth-order valence-corrected chi connectivity index (χ4v) is 2.82. The number of hydrogen-bond donors (Lipinski definition) is 0. The lowest BCUT2D eigenvalue weighted by Gasteiger charge is -2.11. The molecule has 0 spiro atoms. The van der Waals surface area contributed by atoms with E-state index >= 15 is 0 Å². The van der Waals surface area contributed by atoms with Crippen molar-refractivity contribution in [2.75, 3.05) is 0 Å². The minimum absolute atomic E-state index is 0.0596. The Balaban J connectivity index is 1.94. The predicted octanol–water partition coefficient (Wildman–Crippen LogP) is 7.07. The molecule has 0 amide bonds. The lowest BCUT2D eigenvalue weighted by molar-refractivity contribution is -0.0546. The normalized spacial score (nSPS) is 11.4. The van der Waals surface area contributed by atoms with E-state index in [1.54, 1.807) is 6.07 Å². The van der Waals surface area contributed by atoms with E-state index in [0.29, 0.717) is 5.56 Å². The van der Waals surface area contributed by atoms with Crippen molar-refractivity contribution in [1.82, 2.24) is 0 Å². The smallest absolute Gasteiger partial charge is 0.387 e. The zero-order valence-corrected chi connectivity index (χ0v) is 14.7. The lowest BCUT2D eigenvalue weighted by atomic mass is 9.98. The number of hydrogen-bond acceptors (Lipinski definition) is 1. The molecule has 0 aromatic heterocycles. The van der Waals surface area contributed by atoms with E-state index in [-0.39, 0.29) is 11.1 Å². The van der Waals surface area contributed by atoms with Gasteiger partial charge in [0.25, 0.3) is 0 Å². The van der Waals surface area contributed by atoms with Crippen LogP contribution in [0.2, 0.25) is 0 Å². The fourth-order valence-electron chi connectivity index (χ4n) is 2.82. The highest BCUT2D eigenvalue weighted by molar-refractivity contribution is 5.72. The molecule has 1 nitrogen and oxygen atoms in total. The molecule has 0 atom stereocenters. The van der Waals surface area contributed by atoms with Crippen molar-refractivity contribution in [2.45, 2.75) is 13.5 Å². The standard InChI is InChI=1S/C22H15F5O/c1-2-3-13-4-6-14(7-5-13)15-8-9-17(18(23)10-15)16-11-19(24)21(20(25)12-16)28-22(26)27/h2-12,22H,1H3. The predicted molar refractivity (Wildman–Crippen MR) is 98.5 cm³/mol. The second kappa shape index (κ2) is 8.25. The Morgan fingerprint density at radius 3 is 1.86 bits per heavy atom. The molecular formula is C22H15F5O. The highest BCUT2D eigenvalue weighted by Crippen LogP contribution is 2.33. The molecule has 0 heterocycles. The van der Waals surface area contributed by atoms with Crippen molar-refractivity contribution < 1.29 is 26.7 Å². The third-order valence-electron chi connectivity index (χ3n) is 4.09. The molecule has 28 heavy (non-hydrogen) atoms. The van der Waals surface area contributed by atoms with E-state index in [2.05, 4.69) is 4.74 Å². The summed E-state index contributed by atoms with van der Waals surface area (Å²) in [6.07, 6.45) is 3.83. The molecule has 0 N–H and O–H groups in total. The van der Waals surface area contributed by atoms with Gasteiger partial charge in [-0.25, -0.2) is 13.2 Å². The van der Waals surface area contributed by atoms with Crippen molar-refractivity contribution in [1.29, 1.82) is 0 Å². The Kier molecular flexibility index (Phi) is 5.78. The van der Waals surface area contributed by atoms with Crippen LogP contribution in [-0.2, 0) is 0 Å². The summed E-state index contributed by atoms with van der Waals surface area (Å²) in [4.78, 5) is 0. The van der Waals surface area contributed by atoms with Crippen LogP contribution in [0.15, 0.2) is 60.7 Å². The van der Waals surface area contributed by atoms with Gasteiger partial charge in [0.05, 0.1) is 0 Å². The molecule has 0 aliphatic rings. The van der Waals surface area contributed by atoms with Crippen molar-refractivity contribution in [2.24, 2.45) is 0 Å². The second-order valence-electron chi connectivity index (χ2n) is 5.96. The average molecular weight is 390 g/mol. The summed E-state index contributed by atoms with van der Waals surface area (Å²) in [6, 6.07) is 13.2. The Hall–Kier alpha value is -3.15. The third-order valence-corrected chi connectivity index (χ3v) is 4.09. The molecule has 0 aliphatic carbocycles. The summed E-state index contributed by atoms with van der Waals surface area (Å²) in [6.45, 7) is -1.47. The van der Waals surface area contributed by atoms with Crippen LogP contribution in [0.3, 0.4) is 0 Å². The van der Waals surface area contributed by atoms with Crippen LogP contribution < -0.4 is 4.74 Å². The van der Waals surface area contributed by atoms with Crippen LogP contribution in [0, 0.1) is 17.5 Å². The van der Waals surface area contributed by atoms with Crippen molar-refractivity contribution >= 4 is 6.08 Å². The van der Waals surface area contributed by atoms with Crippen LogP contribution in [0.1, 0.15) is 12.5 Å². The maximum atomic E-state index is 14.6. The monoisotopic (exact) mass is 390 g/mol. The van der Waals surface area contributed by atoms with Crippen LogP contribution >= 0.6 is 0 Å². The van der Waals surface area contributed by atoms with Crippen molar-refractivity contribution in [3.8, 4) is 28.0 Å². The molecule has 3 aromatic rings. The molecule has 0 radical (unpaired) electrons. The molecule has 0 bridgehead atoms. The van der Waals surface area contributed by atoms with Crippen molar-refractivity contribution in [3.05, 3.63) is 83.7 Å². The molecule has 0 saturated heterocycles. The minimum Gasteiger partial charge on any atom is -0.429 e. The average Bonchev–Trinajstić information content (AvgIpc) is 2.65. The zero-order chi connectivity index (χ0) is 20.3. The molecule has 0 fully saturated rings. The summed E-state index contributed by atoms with van der Waals surface area (Å²) in [7, 11) is 0. The minimum atomic E-state index is -3.37. The molecule has 3 aromatic carbocycles. The first-order chi connectivity index (χ1) is 13.4. The van der Waals surface area contributed by atoms with Gasteiger partial charge in [-0.1, -0.05) is 48.6 Å². The molecule has 144 valence electrons. The summed E-state index contributed by atoms with van der Waals surface area (Å²) in [5.41, 5.74) is 2.18. The maximum Gasteiger partial charge on any atom is 0.387 e. The summed E-state index contributed by atoms with van der Waals surface area (Å²) < 4.78 is 70.7. The molecule has 6 heteroatoms. The Morgan fingerprint density at radius 1 is 0.750 bits per heavy atom. The van der Waals surface area contributed by atoms with E-state index in [1.165, 1.54) is 12.1 Å². The highest BCUT2D eigenvalue weighted by Gasteiger charge is 2.18. The van der Waals surface area contributed by atoms with Gasteiger partial charge in [-0.2, -0.15) is 8.78 Å². The number of alkyl halides is 2. The van der Waals surface area contributed by atoms with Crippen LogP contribution in [0.4, 0.5) is 22.0 Å². The van der Waals surface area contributed by atoms with Gasteiger partial charge in [-0.3, -0.25) is 0 Å². The number of benzene rings is 3. The second-order valence-corrected chi connectivity index (χ2v) is 5.96. The first-order valence-corrected chi connectivity index (χ1v) is 8.36. The number of rotatable bonds is 5. The summed E-state index contributed by atoms with van der Waals surface area (Å²) in [5.74, 6) is -4.56. The van der Waals surface area contributed by atoms with Gasteiger partial charge < -0.3 is 4.74 Å². The Bertz CT molecular complexity index is 987. The molecule has 0 saturated carbocycles. The van der Waals surface area contributed by atoms with Crippen LogP contribution in [-0.4, -0.2) is 6.61 Å².